The second-order valence-electron chi connectivity index (χ2n) is 11.9. The number of nitrogens with zero attached hydrogens (tertiary/aromatic N) is 2. The second-order valence-corrected chi connectivity index (χ2v) is 13.5. The Hall–Kier alpha value is -2.74. The van der Waals surface area contributed by atoms with Gasteiger partial charge in [-0.05, 0) is 67.1 Å². The second kappa shape index (κ2) is 15.4. The molecule has 3 aromatic rings. The zero-order valence-electron chi connectivity index (χ0n) is 25.7. The van der Waals surface area contributed by atoms with Crippen LogP contribution in [0.15, 0.2) is 65.8 Å². The summed E-state index contributed by atoms with van der Waals surface area (Å²) in [4.78, 5) is 18.9. The van der Waals surface area contributed by atoms with Gasteiger partial charge < -0.3 is 39.9 Å². The molecule has 0 bridgehead atoms. The number of aromatic nitrogens is 1. The molecule has 5 N–H and O–H groups in total. The molecule has 2 aliphatic rings. The molecule has 0 saturated heterocycles. The van der Waals surface area contributed by atoms with Gasteiger partial charge in [0.1, 0.15) is 30.2 Å². The van der Waals surface area contributed by atoms with Gasteiger partial charge in [-0.3, -0.25) is 9.78 Å². The number of rotatable bonds is 17. The van der Waals surface area contributed by atoms with Crippen molar-refractivity contribution < 1.29 is 39.8 Å². The number of benzene rings is 2. The maximum atomic E-state index is 12.2. The van der Waals surface area contributed by atoms with E-state index in [4.69, 9.17) is 26.2 Å². The highest BCUT2D eigenvalue weighted by molar-refractivity contribution is 7.99. The Labute approximate surface area is 278 Å². The minimum atomic E-state index is -1.76. The van der Waals surface area contributed by atoms with Crippen molar-refractivity contribution >= 4 is 29.3 Å². The minimum absolute atomic E-state index is 0.248. The largest absolute Gasteiger partial charge is 0.490 e. The highest BCUT2D eigenvalue weighted by atomic mass is 35.5. The Morgan fingerprint density at radius 1 is 1.07 bits per heavy atom. The van der Waals surface area contributed by atoms with Crippen molar-refractivity contribution in [3.8, 4) is 16.9 Å². The van der Waals surface area contributed by atoms with Crippen molar-refractivity contribution in [2.45, 2.75) is 80.2 Å². The van der Waals surface area contributed by atoms with Gasteiger partial charge >= 0.3 is 0 Å². The van der Waals surface area contributed by atoms with Crippen LogP contribution in [0.4, 0.5) is 0 Å². The summed E-state index contributed by atoms with van der Waals surface area (Å²) in [6, 6.07) is 15.8. The average molecular weight is 673 g/mol. The molecule has 1 amide bonds. The predicted octanol–water partition coefficient (Wildman–Crippen LogP) is 3.53. The maximum absolute atomic E-state index is 12.2. The molecule has 2 aromatic carbocycles. The molecule has 0 spiro atoms. The molecule has 1 aromatic heterocycles. The van der Waals surface area contributed by atoms with E-state index in [1.54, 1.807) is 6.20 Å². The van der Waals surface area contributed by atoms with Crippen molar-refractivity contribution in [3.63, 3.8) is 0 Å². The van der Waals surface area contributed by atoms with Gasteiger partial charge in [-0.25, -0.2) is 0 Å². The maximum Gasteiger partial charge on any atom is 0.219 e. The summed E-state index contributed by atoms with van der Waals surface area (Å²) < 4.78 is 12.8. The molecule has 10 nitrogen and oxygen atoms in total. The fraction of sp³-hybridized carbons (Fsp3) is 0.471. The summed E-state index contributed by atoms with van der Waals surface area (Å²) in [5, 5.41) is 49.5. The normalized spacial score (nSPS) is 18.0. The Morgan fingerprint density at radius 2 is 1.80 bits per heavy atom. The highest BCUT2D eigenvalue weighted by Crippen LogP contribution is 2.53. The van der Waals surface area contributed by atoms with Crippen molar-refractivity contribution in [1.82, 2.24) is 9.88 Å². The molecule has 0 unspecified atom stereocenters. The van der Waals surface area contributed by atoms with Crippen LogP contribution in [0.3, 0.4) is 0 Å². The third-order valence-corrected chi connectivity index (χ3v) is 9.68. The fourth-order valence-electron chi connectivity index (χ4n) is 5.27. The van der Waals surface area contributed by atoms with Crippen LogP contribution in [0, 0.1) is 0 Å². The van der Waals surface area contributed by atoms with Crippen molar-refractivity contribution in [2.24, 2.45) is 0 Å². The standard InChI is InChI=1S/C34H41ClN2O8S/c1-21(39)37(18-29(40)32(42)33(43)30(41)19-38)14-15-46-24-8-9-28(35)22(16-24)20-44-34(11-12-34)27-17-36-13-10-25(27)26-4-2-3-5-31(26)45-23-6-7-23/h2-5,8-10,13,16-17,23,29-30,32-33,38,40-43H,6-7,11-12,14-15,18-20H2,1H3/t29-,30+,32+,33+/m0/s1. The first-order valence-corrected chi connectivity index (χ1v) is 16.8. The van der Waals surface area contributed by atoms with Crippen molar-refractivity contribution in [1.29, 1.82) is 0 Å². The van der Waals surface area contributed by atoms with E-state index in [0.29, 0.717) is 17.4 Å². The number of hydrogen-bond acceptors (Lipinski definition) is 10. The number of amides is 1. The monoisotopic (exact) mass is 672 g/mol. The molecule has 0 aliphatic heterocycles. The van der Waals surface area contributed by atoms with Crippen LogP contribution < -0.4 is 4.74 Å². The first-order valence-electron chi connectivity index (χ1n) is 15.5. The average Bonchev–Trinajstić information content (AvgIpc) is 4.01. The zero-order chi connectivity index (χ0) is 32.8. The minimum Gasteiger partial charge on any atom is -0.490 e. The SMILES string of the molecule is CC(=O)N(CCSc1ccc(Cl)c(COC2(c3cnccc3-c3ccccc3OC3CC3)CC2)c1)C[C@H](O)[C@@H](O)[C@H](O)[C@H](O)CO. The number of para-hydroxylation sites is 1. The smallest absolute Gasteiger partial charge is 0.219 e. The summed E-state index contributed by atoms with van der Waals surface area (Å²) in [6.45, 7) is 0.882. The number of halogens is 1. The summed E-state index contributed by atoms with van der Waals surface area (Å²) in [7, 11) is 0. The quantitative estimate of drug-likeness (QED) is 0.135. The fourth-order valence-corrected chi connectivity index (χ4v) is 6.38. The summed E-state index contributed by atoms with van der Waals surface area (Å²) in [5.41, 5.74) is 3.46. The zero-order valence-corrected chi connectivity index (χ0v) is 27.2. The van der Waals surface area contributed by atoms with E-state index >= 15 is 0 Å². The first kappa shape index (κ1) is 34.6. The molecule has 46 heavy (non-hydrogen) atoms. The van der Waals surface area contributed by atoms with Crippen molar-refractivity contribution in [3.05, 3.63) is 77.1 Å². The van der Waals surface area contributed by atoms with E-state index in [-0.39, 0.29) is 25.1 Å². The highest BCUT2D eigenvalue weighted by Gasteiger charge is 2.48. The Bertz CT molecular complexity index is 1490. The number of aliphatic hydroxyl groups excluding tert-OH is 5. The molecular weight excluding hydrogens is 632 g/mol. The molecule has 2 saturated carbocycles. The Morgan fingerprint density at radius 3 is 2.50 bits per heavy atom. The molecule has 2 fully saturated rings. The van der Waals surface area contributed by atoms with Gasteiger partial charge in [-0.2, -0.15) is 0 Å². The third kappa shape index (κ3) is 8.59. The first-order chi connectivity index (χ1) is 22.1. The number of pyridine rings is 1. The van der Waals surface area contributed by atoms with Crippen LogP contribution in [0.5, 0.6) is 5.75 Å². The number of ether oxygens (including phenoxy) is 2. The number of hydrogen-bond donors (Lipinski definition) is 5. The van der Waals surface area contributed by atoms with Crippen LogP contribution in [-0.4, -0.2) is 97.3 Å². The lowest BCUT2D eigenvalue weighted by atomic mass is 9.96. The van der Waals surface area contributed by atoms with Gasteiger partial charge in [0.25, 0.3) is 0 Å². The summed E-state index contributed by atoms with van der Waals surface area (Å²) in [6.07, 6.45) is 1.22. The van der Waals surface area contributed by atoms with Gasteiger partial charge in [-0.15, -0.1) is 11.8 Å². The van der Waals surface area contributed by atoms with E-state index in [9.17, 15) is 25.2 Å². The topological polar surface area (TPSA) is 153 Å². The number of thioether (sulfide) groups is 1. The molecule has 5 rings (SSSR count). The van der Waals surface area contributed by atoms with Gasteiger partial charge in [0.05, 0.1) is 24.9 Å². The van der Waals surface area contributed by atoms with Crippen LogP contribution in [-0.2, 0) is 21.7 Å². The van der Waals surface area contributed by atoms with Gasteiger partial charge in [0.15, 0.2) is 0 Å². The van der Waals surface area contributed by atoms with E-state index in [0.717, 1.165) is 58.6 Å². The number of aliphatic hydroxyl groups is 5. The van der Waals surface area contributed by atoms with Crippen LogP contribution in [0.25, 0.3) is 11.1 Å². The van der Waals surface area contributed by atoms with Gasteiger partial charge in [0.2, 0.25) is 5.91 Å². The van der Waals surface area contributed by atoms with Gasteiger partial charge in [-0.1, -0.05) is 29.8 Å². The van der Waals surface area contributed by atoms with Crippen LogP contribution >= 0.6 is 23.4 Å². The van der Waals surface area contributed by atoms with E-state index < -0.39 is 36.6 Å². The molecule has 2 aliphatic carbocycles. The number of carbonyl (C=O) groups excluding carboxylic acids is 1. The summed E-state index contributed by atoms with van der Waals surface area (Å²) in [5.74, 6) is 1.03. The lowest BCUT2D eigenvalue weighted by Crippen LogP contribution is -2.50. The molecule has 1 heterocycles. The molecule has 4 atom stereocenters. The Balaban J connectivity index is 1.21. The van der Waals surface area contributed by atoms with Gasteiger partial charge in [0, 0.05) is 59.2 Å². The van der Waals surface area contributed by atoms with E-state index in [2.05, 4.69) is 11.1 Å². The molecular formula is C34H41ClN2O8S. The van der Waals surface area contributed by atoms with E-state index in [1.165, 1.54) is 23.6 Å². The Kier molecular flexibility index (Phi) is 11.6. The molecule has 12 heteroatoms. The lowest BCUT2D eigenvalue weighted by molar-refractivity contribution is -0.137. The van der Waals surface area contributed by atoms with Crippen molar-refractivity contribution in [2.75, 3.05) is 25.4 Å². The lowest BCUT2D eigenvalue weighted by Gasteiger charge is -2.30. The summed E-state index contributed by atoms with van der Waals surface area (Å²) >= 11 is 8.09. The predicted molar refractivity (Wildman–Crippen MR) is 175 cm³/mol. The number of carbonyl (C=O) groups is 1. The van der Waals surface area contributed by atoms with E-state index in [1.807, 2.05) is 48.7 Å². The molecule has 0 radical (unpaired) electrons. The van der Waals surface area contributed by atoms with Crippen LogP contribution in [0.1, 0.15) is 43.7 Å². The third-order valence-electron chi connectivity index (χ3n) is 8.34. The molecule has 248 valence electrons. The van der Waals surface area contributed by atoms with Crippen LogP contribution in [0.2, 0.25) is 5.02 Å².